The Morgan fingerprint density at radius 1 is 1.30 bits per heavy atom. The standard InChI is InChI=1S/C18H26N4S/c1-4-20(12-15-9-10-15)13-22-18(23)21(5-2)17(19-22)16-8-6-7-14(3)11-16/h6-8,11,15H,4-5,9-10,12-13H2,1-3H3. The molecule has 2 aromatic rings. The van der Waals surface area contributed by atoms with Crippen molar-refractivity contribution in [2.45, 2.75) is 46.8 Å². The van der Waals surface area contributed by atoms with Crippen molar-refractivity contribution in [3.05, 3.63) is 34.6 Å². The molecule has 1 aromatic heterocycles. The Kier molecular flexibility index (Phi) is 4.97. The summed E-state index contributed by atoms with van der Waals surface area (Å²) in [5, 5.41) is 4.84. The second-order valence-corrected chi connectivity index (χ2v) is 6.84. The molecule has 0 radical (unpaired) electrons. The van der Waals surface area contributed by atoms with E-state index in [0.29, 0.717) is 0 Å². The summed E-state index contributed by atoms with van der Waals surface area (Å²) < 4.78 is 4.94. The SMILES string of the molecule is CCN(CC1CC1)Cn1nc(-c2cccc(C)c2)n(CC)c1=S. The minimum absolute atomic E-state index is 0.789. The Balaban J connectivity index is 1.91. The molecule has 1 aliphatic carbocycles. The van der Waals surface area contributed by atoms with Crippen LogP contribution in [0, 0.1) is 17.6 Å². The van der Waals surface area contributed by atoms with Crippen LogP contribution in [0.3, 0.4) is 0 Å². The molecule has 0 spiro atoms. The molecule has 0 unspecified atom stereocenters. The number of nitrogens with zero attached hydrogens (tertiary/aromatic N) is 4. The summed E-state index contributed by atoms with van der Waals surface area (Å²) in [5.41, 5.74) is 2.39. The van der Waals surface area contributed by atoms with Crippen LogP contribution in [0.5, 0.6) is 0 Å². The maximum Gasteiger partial charge on any atom is 0.199 e. The predicted molar refractivity (Wildman–Crippen MR) is 96.9 cm³/mol. The highest BCUT2D eigenvalue weighted by atomic mass is 32.1. The highest BCUT2D eigenvalue weighted by molar-refractivity contribution is 7.71. The molecule has 1 aromatic carbocycles. The number of aryl methyl sites for hydroxylation is 1. The van der Waals surface area contributed by atoms with Gasteiger partial charge < -0.3 is 4.57 Å². The number of rotatable bonds is 7. The molecule has 4 nitrogen and oxygen atoms in total. The molecule has 1 saturated carbocycles. The zero-order chi connectivity index (χ0) is 16.4. The van der Waals surface area contributed by atoms with Gasteiger partial charge in [-0.25, -0.2) is 4.68 Å². The van der Waals surface area contributed by atoms with Gasteiger partial charge in [-0.05, 0) is 57.4 Å². The summed E-state index contributed by atoms with van der Waals surface area (Å²) in [6, 6.07) is 8.48. The molecule has 1 fully saturated rings. The van der Waals surface area contributed by atoms with Gasteiger partial charge in [0.25, 0.3) is 0 Å². The fraction of sp³-hybridized carbons (Fsp3) is 0.556. The molecule has 0 aliphatic heterocycles. The van der Waals surface area contributed by atoms with Gasteiger partial charge in [0.05, 0.1) is 6.67 Å². The largest absolute Gasteiger partial charge is 0.300 e. The second-order valence-electron chi connectivity index (χ2n) is 6.47. The first-order valence-corrected chi connectivity index (χ1v) is 9.00. The molecule has 0 atom stereocenters. The Labute approximate surface area is 143 Å². The van der Waals surface area contributed by atoms with Crippen LogP contribution in [0.15, 0.2) is 24.3 Å². The van der Waals surface area contributed by atoms with Crippen molar-refractivity contribution < 1.29 is 0 Å². The molecule has 0 amide bonds. The van der Waals surface area contributed by atoms with E-state index in [9.17, 15) is 0 Å². The average molecular weight is 331 g/mol. The third kappa shape index (κ3) is 3.72. The maximum atomic E-state index is 5.68. The first-order chi connectivity index (χ1) is 11.1. The van der Waals surface area contributed by atoms with Gasteiger partial charge in [-0.2, -0.15) is 5.10 Å². The molecule has 0 saturated heterocycles. The van der Waals surface area contributed by atoms with Gasteiger partial charge in [-0.1, -0.05) is 30.7 Å². The lowest BCUT2D eigenvalue weighted by Gasteiger charge is -2.19. The number of hydrogen-bond donors (Lipinski definition) is 0. The van der Waals surface area contributed by atoms with Crippen molar-refractivity contribution >= 4 is 12.2 Å². The van der Waals surface area contributed by atoms with Crippen LogP contribution in [0.25, 0.3) is 11.4 Å². The molecule has 23 heavy (non-hydrogen) atoms. The lowest BCUT2D eigenvalue weighted by atomic mass is 10.1. The summed E-state index contributed by atoms with van der Waals surface area (Å²) in [4.78, 5) is 2.44. The van der Waals surface area contributed by atoms with E-state index in [4.69, 9.17) is 17.3 Å². The summed E-state index contributed by atoms with van der Waals surface area (Å²) in [7, 11) is 0. The smallest absolute Gasteiger partial charge is 0.199 e. The van der Waals surface area contributed by atoms with Crippen LogP contribution in [0.4, 0.5) is 0 Å². The van der Waals surface area contributed by atoms with Crippen LogP contribution in [-0.2, 0) is 13.2 Å². The Morgan fingerprint density at radius 2 is 2.09 bits per heavy atom. The summed E-state index contributed by atoms with van der Waals surface area (Å²) in [6.07, 6.45) is 2.75. The van der Waals surface area contributed by atoms with Crippen LogP contribution in [0.1, 0.15) is 32.3 Å². The van der Waals surface area contributed by atoms with Crippen molar-refractivity contribution in [2.75, 3.05) is 13.1 Å². The second kappa shape index (κ2) is 6.97. The van der Waals surface area contributed by atoms with E-state index < -0.39 is 0 Å². The van der Waals surface area contributed by atoms with Crippen molar-refractivity contribution in [3.63, 3.8) is 0 Å². The number of hydrogen-bond acceptors (Lipinski definition) is 3. The minimum Gasteiger partial charge on any atom is -0.300 e. The van der Waals surface area contributed by atoms with Gasteiger partial charge in [0, 0.05) is 18.7 Å². The first-order valence-electron chi connectivity index (χ1n) is 8.59. The quantitative estimate of drug-likeness (QED) is 0.715. The monoisotopic (exact) mass is 330 g/mol. The number of benzene rings is 1. The van der Waals surface area contributed by atoms with Gasteiger partial charge in [0.2, 0.25) is 0 Å². The van der Waals surface area contributed by atoms with Crippen molar-refractivity contribution in [2.24, 2.45) is 5.92 Å². The molecule has 1 aliphatic rings. The van der Waals surface area contributed by atoms with Crippen molar-refractivity contribution in [1.29, 1.82) is 0 Å². The van der Waals surface area contributed by atoms with Crippen molar-refractivity contribution in [1.82, 2.24) is 19.2 Å². The van der Waals surface area contributed by atoms with Crippen LogP contribution < -0.4 is 0 Å². The van der Waals surface area contributed by atoms with E-state index >= 15 is 0 Å². The van der Waals surface area contributed by atoms with E-state index in [2.05, 4.69) is 54.5 Å². The fourth-order valence-corrected chi connectivity index (χ4v) is 3.27. The van der Waals surface area contributed by atoms with E-state index in [1.54, 1.807) is 0 Å². The molecule has 5 heteroatoms. The van der Waals surface area contributed by atoms with E-state index in [1.165, 1.54) is 18.4 Å². The lowest BCUT2D eigenvalue weighted by molar-refractivity contribution is 0.207. The van der Waals surface area contributed by atoms with Crippen molar-refractivity contribution in [3.8, 4) is 11.4 Å². The lowest BCUT2D eigenvalue weighted by Crippen LogP contribution is -2.29. The Bertz CT molecular complexity index is 727. The summed E-state index contributed by atoms with van der Waals surface area (Å²) in [6.45, 7) is 10.3. The topological polar surface area (TPSA) is 26.0 Å². The molecule has 3 rings (SSSR count). The summed E-state index contributed by atoms with van der Waals surface area (Å²) in [5.74, 6) is 1.86. The van der Waals surface area contributed by atoms with Crippen LogP contribution in [0.2, 0.25) is 0 Å². The highest BCUT2D eigenvalue weighted by Crippen LogP contribution is 2.29. The van der Waals surface area contributed by atoms with Gasteiger partial charge in [0.15, 0.2) is 10.6 Å². The molecular weight excluding hydrogens is 304 g/mol. The predicted octanol–water partition coefficient (Wildman–Crippen LogP) is 4.10. The third-order valence-electron chi connectivity index (χ3n) is 4.51. The first kappa shape index (κ1) is 16.4. The van der Waals surface area contributed by atoms with E-state index in [0.717, 1.165) is 48.4 Å². The Morgan fingerprint density at radius 3 is 2.70 bits per heavy atom. The molecule has 0 N–H and O–H groups in total. The maximum absolute atomic E-state index is 5.68. The van der Waals surface area contributed by atoms with Gasteiger partial charge in [0.1, 0.15) is 0 Å². The third-order valence-corrected chi connectivity index (χ3v) is 4.94. The van der Waals surface area contributed by atoms with Crippen LogP contribution in [-0.4, -0.2) is 32.3 Å². The normalized spacial score (nSPS) is 14.6. The molecule has 0 bridgehead atoms. The highest BCUT2D eigenvalue weighted by Gasteiger charge is 2.24. The number of aromatic nitrogens is 3. The summed E-state index contributed by atoms with van der Waals surface area (Å²) >= 11 is 5.68. The fourth-order valence-electron chi connectivity index (χ4n) is 2.96. The average Bonchev–Trinajstić information content (AvgIpc) is 3.30. The molecule has 124 valence electrons. The van der Waals surface area contributed by atoms with E-state index in [1.807, 2.05) is 4.68 Å². The molecular formula is C18H26N4S. The van der Waals surface area contributed by atoms with Gasteiger partial charge in [-0.3, -0.25) is 4.90 Å². The zero-order valence-corrected chi connectivity index (χ0v) is 15.1. The van der Waals surface area contributed by atoms with E-state index in [-0.39, 0.29) is 0 Å². The van der Waals surface area contributed by atoms with Crippen LogP contribution >= 0.6 is 12.2 Å². The molecule has 1 heterocycles. The minimum atomic E-state index is 0.789. The zero-order valence-electron chi connectivity index (χ0n) is 14.3. The Hall–Kier alpha value is -1.46. The van der Waals surface area contributed by atoms with Gasteiger partial charge >= 0.3 is 0 Å². The van der Waals surface area contributed by atoms with Gasteiger partial charge in [-0.15, -0.1) is 0 Å².